The first kappa shape index (κ1) is 39.4. The lowest BCUT2D eigenvalue weighted by Crippen LogP contribution is -2.48. The van der Waals surface area contributed by atoms with Crippen LogP contribution in [0.15, 0.2) is 77.1 Å². The molecule has 3 nitrogen and oxygen atoms in total. The highest BCUT2D eigenvalue weighted by molar-refractivity contribution is 6.71. The molecule has 1 atom stereocenters. The Morgan fingerprint density at radius 1 is 0.333 bits per heavy atom. The van der Waals surface area contributed by atoms with Crippen LogP contribution >= 0.6 is 0 Å². The molecule has 6 aromatic carbocycles. The number of benzene rings is 6. The van der Waals surface area contributed by atoms with Gasteiger partial charge < -0.3 is 14.0 Å². The van der Waals surface area contributed by atoms with Crippen LogP contribution < -0.4 is 75.9 Å². The minimum atomic E-state index is -0.934. The molecule has 0 amide bonds. The van der Waals surface area contributed by atoms with Crippen molar-refractivity contribution in [2.24, 2.45) is 0 Å². The van der Waals surface area contributed by atoms with Gasteiger partial charge in [-0.05, 0) is 57.0 Å². The Morgan fingerprint density at radius 2 is 0.717 bits per heavy atom. The summed E-state index contributed by atoms with van der Waals surface area (Å²) in [5.41, 5.74) is 6.52. The second kappa shape index (κ2) is 13.4. The zero-order valence-electron chi connectivity index (χ0n) is 31.9. The normalized spacial score (nSPS) is 15.1. The smallest absolute Gasteiger partial charge is 0.119 e. The van der Waals surface area contributed by atoms with E-state index in [0.29, 0.717) is 71.8 Å². The second-order valence-electron chi connectivity index (χ2n) is 15.2. The maximum absolute atomic E-state index is 7.51. The van der Waals surface area contributed by atoms with Crippen molar-refractivity contribution in [3.8, 4) is 11.4 Å². The number of hydrogen-bond acceptors (Lipinski definition) is 1. The van der Waals surface area contributed by atoms with Gasteiger partial charge in [-0.1, -0.05) is 91.0 Å². The summed E-state index contributed by atoms with van der Waals surface area (Å²) in [5, 5.41) is 1.62. The molecule has 8 aromatic rings. The fourth-order valence-corrected chi connectivity index (χ4v) is 9.42. The van der Waals surface area contributed by atoms with E-state index in [2.05, 4.69) is 0 Å². The molecule has 32 radical (unpaired) electrons. The van der Waals surface area contributed by atoms with Gasteiger partial charge in [0.25, 0.3) is 0 Å². The fourth-order valence-electron chi connectivity index (χ4n) is 9.42. The van der Waals surface area contributed by atoms with Gasteiger partial charge >= 0.3 is 0 Å². The number of hydrogen-bond donors (Lipinski definition) is 0. The van der Waals surface area contributed by atoms with Crippen LogP contribution in [0.4, 0.5) is 11.4 Å². The minimum absolute atomic E-state index is 0.0444. The number of para-hydroxylation sites is 2. The van der Waals surface area contributed by atoms with Gasteiger partial charge in [0.05, 0.1) is 17.2 Å². The minimum Gasteiger partial charge on any atom is -0.330 e. The van der Waals surface area contributed by atoms with Crippen LogP contribution in [-0.4, -0.2) is 141 Å². The Kier molecular flexibility index (Phi) is 8.77. The molecule has 238 valence electrons. The van der Waals surface area contributed by atoms with E-state index >= 15 is 0 Å². The van der Waals surface area contributed by atoms with Crippen molar-refractivity contribution in [1.29, 1.82) is 0 Å². The average molecular weight is 719 g/mol. The molecule has 1 aliphatic heterocycles. The van der Waals surface area contributed by atoms with Gasteiger partial charge in [0.2, 0.25) is 0 Å². The van der Waals surface area contributed by atoms with Crippen molar-refractivity contribution >= 4 is 257 Å². The Morgan fingerprint density at radius 3 is 1.20 bits per heavy atom. The molecule has 60 heavy (non-hydrogen) atoms. The van der Waals surface area contributed by atoms with Gasteiger partial charge in [-0.2, -0.15) is 0 Å². The molecule has 2 aliphatic rings. The summed E-state index contributed by atoms with van der Waals surface area (Å²) in [6.45, 7) is 0. The van der Waals surface area contributed by atoms with Gasteiger partial charge in [-0.15, -0.1) is 27.3 Å². The van der Waals surface area contributed by atoms with Gasteiger partial charge in [0.1, 0.15) is 126 Å². The van der Waals surface area contributed by atoms with Crippen molar-refractivity contribution in [3.05, 3.63) is 82.6 Å². The third-order valence-electron chi connectivity index (χ3n) is 12.2. The van der Waals surface area contributed by atoms with Crippen LogP contribution in [-0.2, 0) is 0 Å². The lowest BCUT2D eigenvalue weighted by Gasteiger charge is -2.34. The number of anilines is 2. The van der Waals surface area contributed by atoms with E-state index in [1.165, 1.54) is 0 Å². The maximum Gasteiger partial charge on any atom is 0.119 e. The molecule has 0 saturated heterocycles. The largest absolute Gasteiger partial charge is 0.330 e. The van der Waals surface area contributed by atoms with E-state index in [1.54, 1.807) is 0 Å². The highest BCUT2D eigenvalue weighted by atomic mass is 15.2. The first-order chi connectivity index (χ1) is 28.5. The molecule has 1 unspecified atom stereocenters. The Balaban J connectivity index is 1.48. The van der Waals surface area contributed by atoms with Gasteiger partial charge in [-0.3, -0.25) is 0 Å². The predicted molar refractivity (Wildman–Crippen MR) is 269 cm³/mol. The van der Waals surface area contributed by atoms with Crippen molar-refractivity contribution in [3.63, 3.8) is 0 Å². The SMILES string of the molecule is [B]C1=C([B])C2C(=C1[B])c1c([B])c([B])c3c4c([B])c([B])c([B])c([B])c4n(-c4ccccc4)c3c1N2c1c([B])c([B])c2c3c([B])c([B])c([B])c([B])c3n(-c3ccccc3)c2c1[B]. The second-order valence-corrected chi connectivity index (χ2v) is 15.2. The van der Waals surface area contributed by atoms with Crippen LogP contribution in [0.1, 0.15) is 5.56 Å². The summed E-state index contributed by atoms with van der Waals surface area (Å²) in [4.78, 5) is 1.82. The molecule has 19 heteroatoms. The third kappa shape index (κ3) is 4.73. The zero-order chi connectivity index (χ0) is 42.7. The van der Waals surface area contributed by atoms with E-state index in [4.69, 9.17) is 126 Å². The van der Waals surface area contributed by atoms with Crippen LogP contribution in [0, 0.1) is 0 Å². The summed E-state index contributed by atoms with van der Waals surface area (Å²) < 4.78 is 3.71. The summed E-state index contributed by atoms with van der Waals surface area (Å²) in [6.07, 6.45) is 0. The van der Waals surface area contributed by atoms with Gasteiger partial charge in [0, 0.05) is 39.0 Å². The highest BCUT2D eigenvalue weighted by Gasteiger charge is 2.45. The first-order valence-electron chi connectivity index (χ1n) is 18.6. The molecular formula is C41H11B16N3. The average Bonchev–Trinajstić information content (AvgIpc) is 3.96. The lowest BCUT2D eigenvalue weighted by atomic mass is 9.64. The summed E-state index contributed by atoms with van der Waals surface area (Å²) >= 11 is 0. The zero-order valence-corrected chi connectivity index (χ0v) is 31.9. The van der Waals surface area contributed by atoms with Crippen LogP contribution in [0.25, 0.3) is 60.6 Å². The number of nitrogens with zero attached hydrogens (tertiary/aromatic N) is 3. The molecule has 2 aromatic heterocycles. The summed E-state index contributed by atoms with van der Waals surface area (Å²) in [6, 6.07) is 17.8. The van der Waals surface area contributed by atoms with E-state index < -0.39 is 6.04 Å². The molecule has 3 heterocycles. The van der Waals surface area contributed by atoms with Crippen LogP contribution in [0.3, 0.4) is 0 Å². The number of rotatable bonds is 3. The third-order valence-corrected chi connectivity index (χ3v) is 12.2. The molecule has 1 aliphatic carbocycles. The topological polar surface area (TPSA) is 13.1 Å². The number of allylic oxidation sites excluding steroid dienone is 2. The van der Waals surface area contributed by atoms with Crippen LogP contribution in [0.2, 0.25) is 0 Å². The maximum atomic E-state index is 7.51. The monoisotopic (exact) mass is 721 g/mol. The van der Waals surface area contributed by atoms with E-state index in [1.807, 2.05) is 74.7 Å². The van der Waals surface area contributed by atoms with Crippen molar-refractivity contribution in [2.45, 2.75) is 6.04 Å². The number of aromatic nitrogens is 2. The Bertz CT molecular complexity index is 3390. The van der Waals surface area contributed by atoms with E-state index in [0.717, 1.165) is 0 Å². The van der Waals surface area contributed by atoms with Crippen LogP contribution in [0.5, 0.6) is 0 Å². The Labute approximate surface area is 369 Å². The molecule has 0 spiro atoms. The predicted octanol–water partition coefficient (Wildman–Crippen LogP) is -6.84. The molecule has 0 fully saturated rings. The van der Waals surface area contributed by atoms with E-state index in [9.17, 15) is 0 Å². The summed E-state index contributed by atoms with van der Waals surface area (Å²) in [5.74, 6) is 0. The number of fused-ring (bicyclic) bond motifs is 10. The molecule has 10 rings (SSSR count). The molecule has 0 bridgehead atoms. The van der Waals surface area contributed by atoms with E-state index in [-0.39, 0.29) is 93.1 Å². The van der Waals surface area contributed by atoms with Crippen molar-refractivity contribution < 1.29 is 0 Å². The van der Waals surface area contributed by atoms with Crippen molar-refractivity contribution in [2.75, 3.05) is 4.90 Å². The van der Waals surface area contributed by atoms with Crippen molar-refractivity contribution in [1.82, 2.24) is 9.13 Å². The standard InChI is InChI=1S/C41H11B16N3/c42-19-17-15-22(45)26(49)29(52)33(56)36(15)59(12-9-5-2-6-10-12)39(17)40-18(20(19)43)16-23(46)27(50)31(54)37(16)60(40)41-30(53)24(47)14-13-21(44)25(48)28(51)32(55)35(13)58(38(14)34(41)57)11-7-3-1-4-8-11/h1-10,37H. The van der Waals surface area contributed by atoms with Gasteiger partial charge in [-0.25, -0.2) is 0 Å². The highest BCUT2D eigenvalue weighted by Crippen LogP contribution is 2.54. The molecular weight excluding hydrogens is 707 g/mol. The molecule has 0 N–H and O–H groups in total. The van der Waals surface area contributed by atoms with Gasteiger partial charge in [0.15, 0.2) is 0 Å². The Hall–Kier alpha value is -4.76. The summed E-state index contributed by atoms with van der Waals surface area (Å²) in [7, 11) is 110. The lowest BCUT2D eigenvalue weighted by molar-refractivity contribution is 1.00. The first-order valence-corrected chi connectivity index (χ1v) is 18.6. The quantitative estimate of drug-likeness (QED) is 0.166. The fraction of sp³-hybridized carbons (Fsp3) is 0.0244. The molecule has 0 saturated carbocycles.